The van der Waals surface area contributed by atoms with Gasteiger partial charge in [-0.15, -0.1) is 11.6 Å². The standard InChI is InChI=1S/C15H20ClFN2/c1-4-11(5-2)10(3)19-14-7-6-12(17)8-13(14)18-15(19)9-16/h6-8,10-11H,4-5,9H2,1-3H3. The average molecular weight is 283 g/mol. The van der Waals surface area contributed by atoms with Gasteiger partial charge in [0.2, 0.25) is 0 Å². The van der Waals surface area contributed by atoms with Crippen LogP contribution in [0.3, 0.4) is 0 Å². The zero-order chi connectivity index (χ0) is 14.0. The number of hydrogen-bond donors (Lipinski definition) is 0. The molecule has 0 aliphatic rings. The quantitative estimate of drug-likeness (QED) is 0.712. The Morgan fingerprint density at radius 1 is 1.32 bits per heavy atom. The molecule has 2 aromatic rings. The molecule has 0 N–H and O–H groups in total. The van der Waals surface area contributed by atoms with Crippen LogP contribution in [-0.4, -0.2) is 9.55 Å². The Morgan fingerprint density at radius 2 is 2.00 bits per heavy atom. The van der Waals surface area contributed by atoms with Crippen LogP contribution in [0.4, 0.5) is 4.39 Å². The summed E-state index contributed by atoms with van der Waals surface area (Å²) in [6.07, 6.45) is 2.22. The van der Waals surface area contributed by atoms with E-state index in [0.29, 0.717) is 23.4 Å². The van der Waals surface area contributed by atoms with Crippen molar-refractivity contribution in [2.75, 3.05) is 0 Å². The summed E-state index contributed by atoms with van der Waals surface area (Å²) in [6.45, 7) is 6.59. The summed E-state index contributed by atoms with van der Waals surface area (Å²) in [5.41, 5.74) is 1.66. The van der Waals surface area contributed by atoms with Crippen LogP contribution in [0.1, 0.15) is 45.5 Å². The van der Waals surface area contributed by atoms with Gasteiger partial charge in [-0.05, 0) is 25.0 Å². The molecular weight excluding hydrogens is 263 g/mol. The Morgan fingerprint density at radius 3 is 2.58 bits per heavy atom. The molecule has 1 aromatic heterocycles. The van der Waals surface area contributed by atoms with Crippen molar-refractivity contribution >= 4 is 22.6 Å². The Balaban J connectivity index is 2.57. The van der Waals surface area contributed by atoms with Crippen molar-refractivity contribution < 1.29 is 4.39 Å². The van der Waals surface area contributed by atoms with Crippen molar-refractivity contribution in [1.82, 2.24) is 9.55 Å². The van der Waals surface area contributed by atoms with Gasteiger partial charge in [-0.25, -0.2) is 9.37 Å². The second kappa shape index (κ2) is 5.91. The van der Waals surface area contributed by atoms with Crippen molar-refractivity contribution in [2.45, 2.75) is 45.5 Å². The van der Waals surface area contributed by atoms with Gasteiger partial charge in [-0.2, -0.15) is 0 Å². The van der Waals surface area contributed by atoms with Crippen molar-refractivity contribution in [3.05, 3.63) is 29.8 Å². The number of fused-ring (bicyclic) bond motifs is 1. The van der Waals surface area contributed by atoms with Crippen molar-refractivity contribution in [2.24, 2.45) is 5.92 Å². The average Bonchev–Trinajstić information content (AvgIpc) is 2.77. The number of rotatable bonds is 5. The molecule has 1 unspecified atom stereocenters. The van der Waals surface area contributed by atoms with Crippen molar-refractivity contribution in [3.63, 3.8) is 0 Å². The fourth-order valence-electron chi connectivity index (χ4n) is 2.85. The van der Waals surface area contributed by atoms with Gasteiger partial charge in [0.25, 0.3) is 0 Å². The predicted octanol–water partition coefficient (Wildman–Crippen LogP) is 4.91. The van der Waals surface area contributed by atoms with E-state index in [1.807, 2.05) is 0 Å². The lowest BCUT2D eigenvalue weighted by Crippen LogP contribution is -2.17. The van der Waals surface area contributed by atoms with Crippen molar-refractivity contribution in [3.8, 4) is 0 Å². The fourth-order valence-corrected chi connectivity index (χ4v) is 3.04. The number of imidazole rings is 1. The molecule has 19 heavy (non-hydrogen) atoms. The van der Waals surface area contributed by atoms with E-state index >= 15 is 0 Å². The van der Waals surface area contributed by atoms with E-state index in [9.17, 15) is 4.39 Å². The summed E-state index contributed by atoms with van der Waals surface area (Å²) < 4.78 is 15.5. The number of alkyl halides is 1. The first-order chi connectivity index (χ1) is 9.12. The molecule has 2 nitrogen and oxygen atoms in total. The molecule has 0 saturated heterocycles. The lowest BCUT2D eigenvalue weighted by atomic mass is 9.95. The van der Waals surface area contributed by atoms with Gasteiger partial charge in [-0.1, -0.05) is 26.7 Å². The summed E-state index contributed by atoms with van der Waals surface area (Å²) in [5, 5.41) is 0. The molecule has 104 valence electrons. The lowest BCUT2D eigenvalue weighted by molar-refractivity contribution is 0.334. The molecule has 2 rings (SSSR count). The summed E-state index contributed by atoms with van der Waals surface area (Å²) in [4.78, 5) is 4.46. The normalized spacial score (nSPS) is 13.4. The van der Waals surface area contributed by atoms with Crippen LogP contribution in [0.25, 0.3) is 11.0 Å². The van der Waals surface area contributed by atoms with Gasteiger partial charge < -0.3 is 4.57 Å². The monoisotopic (exact) mass is 282 g/mol. The maximum atomic E-state index is 13.3. The van der Waals surface area contributed by atoms with Crippen LogP contribution in [0, 0.1) is 11.7 Å². The molecule has 0 fully saturated rings. The molecular formula is C15H20ClFN2. The largest absolute Gasteiger partial charge is 0.324 e. The van der Waals surface area contributed by atoms with Crippen LogP contribution < -0.4 is 0 Å². The number of nitrogens with zero attached hydrogens (tertiary/aromatic N) is 2. The smallest absolute Gasteiger partial charge is 0.125 e. The topological polar surface area (TPSA) is 17.8 Å². The van der Waals surface area contributed by atoms with E-state index in [1.54, 1.807) is 6.07 Å². The highest BCUT2D eigenvalue weighted by atomic mass is 35.5. The molecule has 4 heteroatoms. The van der Waals surface area contributed by atoms with Gasteiger partial charge in [0.05, 0.1) is 16.9 Å². The second-order valence-corrected chi connectivity index (χ2v) is 5.25. The molecule has 0 bridgehead atoms. The predicted molar refractivity (Wildman–Crippen MR) is 78.0 cm³/mol. The minimum absolute atomic E-state index is 0.256. The van der Waals surface area contributed by atoms with Crippen LogP contribution in [-0.2, 0) is 5.88 Å². The molecule has 0 saturated carbocycles. The summed E-state index contributed by atoms with van der Waals surface area (Å²) >= 11 is 6.00. The maximum absolute atomic E-state index is 13.3. The molecule has 0 aliphatic carbocycles. The van der Waals surface area contributed by atoms with Gasteiger partial charge in [0.1, 0.15) is 11.6 Å². The number of hydrogen-bond acceptors (Lipinski definition) is 1. The number of halogens is 2. The van der Waals surface area contributed by atoms with Crippen molar-refractivity contribution in [1.29, 1.82) is 0 Å². The maximum Gasteiger partial charge on any atom is 0.125 e. The summed E-state index contributed by atoms with van der Waals surface area (Å²) in [7, 11) is 0. The first-order valence-corrected chi connectivity index (χ1v) is 7.38. The van der Waals surface area contributed by atoms with Gasteiger partial charge in [0.15, 0.2) is 0 Å². The molecule has 0 radical (unpaired) electrons. The van der Waals surface area contributed by atoms with E-state index in [2.05, 4.69) is 30.3 Å². The highest BCUT2D eigenvalue weighted by Gasteiger charge is 2.21. The summed E-state index contributed by atoms with van der Waals surface area (Å²) in [6, 6.07) is 5.07. The van der Waals surface area contributed by atoms with Gasteiger partial charge in [0, 0.05) is 12.1 Å². The van der Waals surface area contributed by atoms with Crippen LogP contribution in [0.15, 0.2) is 18.2 Å². The lowest BCUT2D eigenvalue weighted by Gasteiger charge is -2.25. The zero-order valence-corrected chi connectivity index (χ0v) is 12.4. The Bertz CT molecular complexity index is 561. The molecule has 1 heterocycles. The Hall–Kier alpha value is -1.09. The van der Waals surface area contributed by atoms with E-state index < -0.39 is 0 Å². The number of benzene rings is 1. The third-order valence-electron chi connectivity index (χ3n) is 3.98. The first-order valence-electron chi connectivity index (χ1n) is 6.84. The van der Waals surface area contributed by atoms with E-state index in [0.717, 1.165) is 24.2 Å². The molecule has 0 aliphatic heterocycles. The molecule has 0 amide bonds. The first kappa shape index (κ1) is 14.3. The molecule has 1 aromatic carbocycles. The van der Waals surface area contributed by atoms with Crippen LogP contribution in [0.5, 0.6) is 0 Å². The van der Waals surface area contributed by atoms with Gasteiger partial charge in [-0.3, -0.25) is 0 Å². The molecule has 1 atom stereocenters. The van der Waals surface area contributed by atoms with E-state index in [-0.39, 0.29) is 5.82 Å². The van der Waals surface area contributed by atoms with E-state index in [1.165, 1.54) is 12.1 Å². The minimum atomic E-state index is -0.256. The fraction of sp³-hybridized carbons (Fsp3) is 0.533. The van der Waals surface area contributed by atoms with Crippen LogP contribution >= 0.6 is 11.6 Å². The third kappa shape index (κ3) is 2.62. The van der Waals surface area contributed by atoms with E-state index in [4.69, 9.17) is 11.6 Å². The Kier molecular flexibility index (Phi) is 4.46. The highest BCUT2D eigenvalue weighted by Crippen LogP contribution is 2.30. The highest BCUT2D eigenvalue weighted by molar-refractivity contribution is 6.16. The van der Waals surface area contributed by atoms with Gasteiger partial charge >= 0.3 is 0 Å². The minimum Gasteiger partial charge on any atom is -0.324 e. The second-order valence-electron chi connectivity index (χ2n) is 4.98. The third-order valence-corrected chi connectivity index (χ3v) is 4.22. The number of aromatic nitrogens is 2. The SMILES string of the molecule is CCC(CC)C(C)n1c(CCl)nc2cc(F)ccc21. The van der Waals surface area contributed by atoms with Crippen LogP contribution in [0.2, 0.25) is 0 Å². The molecule has 0 spiro atoms. The summed E-state index contributed by atoms with van der Waals surface area (Å²) in [5.74, 6) is 1.49. The zero-order valence-electron chi connectivity index (χ0n) is 11.7. The Labute approximate surface area is 118 Å².